The molecule has 5 aromatic rings. The zero-order valence-corrected chi connectivity index (χ0v) is 17.8. The molecule has 0 aliphatic carbocycles. The van der Waals surface area contributed by atoms with Crippen molar-refractivity contribution in [3.05, 3.63) is 104 Å². The molecule has 0 aliphatic heterocycles. The number of aryl methyl sites for hydroxylation is 2. The SMILES string of the molecule is c1ccc(CCc2ccc([I-]c3ccccn3)c3nc4ccccc4nc23)nc1. The van der Waals surface area contributed by atoms with E-state index in [4.69, 9.17) is 9.97 Å². The third kappa shape index (κ3) is 3.96. The molecule has 142 valence electrons. The first-order chi connectivity index (χ1) is 14.4. The molecule has 0 spiro atoms. The Hall–Kier alpha value is -2.93. The second-order valence-corrected chi connectivity index (χ2v) is 9.49. The number of halogens is 1. The number of nitrogens with zero attached hydrogens (tertiary/aromatic N) is 4. The fourth-order valence-electron chi connectivity index (χ4n) is 3.31. The van der Waals surface area contributed by atoms with E-state index in [-0.39, 0.29) is 0 Å². The number of rotatable bonds is 5. The average molecular weight is 489 g/mol. The molecule has 0 saturated carbocycles. The Morgan fingerprint density at radius 1 is 0.621 bits per heavy atom. The number of hydrogen-bond donors (Lipinski definition) is 0. The molecular formula is C24H18IN4-. The predicted molar refractivity (Wildman–Crippen MR) is 110 cm³/mol. The van der Waals surface area contributed by atoms with Crippen molar-refractivity contribution in [3.63, 3.8) is 0 Å². The molecule has 0 bridgehead atoms. The summed E-state index contributed by atoms with van der Waals surface area (Å²) in [6.07, 6.45) is 5.49. The summed E-state index contributed by atoms with van der Waals surface area (Å²) >= 11 is -0.423. The van der Waals surface area contributed by atoms with Crippen molar-refractivity contribution in [2.45, 2.75) is 12.8 Å². The second kappa shape index (κ2) is 8.21. The van der Waals surface area contributed by atoms with Gasteiger partial charge in [-0.25, -0.2) is 0 Å². The maximum absolute atomic E-state index is 5.01. The van der Waals surface area contributed by atoms with Crippen LogP contribution in [0.5, 0.6) is 0 Å². The van der Waals surface area contributed by atoms with Gasteiger partial charge < -0.3 is 0 Å². The van der Waals surface area contributed by atoms with Gasteiger partial charge in [-0.05, 0) is 0 Å². The monoisotopic (exact) mass is 489 g/mol. The quantitative estimate of drug-likeness (QED) is 0.213. The second-order valence-electron chi connectivity index (χ2n) is 6.68. The van der Waals surface area contributed by atoms with Crippen LogP contribution in [0.15, 0.2) is 85.2 Å². The predicted octanol–water partition coefficient (Wildman–Crippen LogP) is 1.49. The third-order valence-corrected chi connectivity index (χ3v) is 7.38. The molecule has 5 heteroatoms. The summed E-state index contributed by atoms with van der Waals surface area (Å²) in [5, 5.41) is 0. The minimum absolute atomic E-state index is 0.423. The number of para-hydroxylation sites is 2. The Labute approximate surface area is 179 Å². The van der Waals surface area contributed by atoms with Crippen molar-refractivity contribution in [3.8, 4) is 0 Å². The van der Waals surface area contributed by atoms with Crippen LogP contribution in [0, 0.1) is 7.27 Å². The van der Waals surface area contributed by atoms with E-state index in [1.54, 1.807) is 0 Å². The van der Waals surface area contributed by atoms with Crippen LogP contribution in [0.1, 0.15) is 11.3 Å². The van der Waals surface area contributed by atoms with Gasteiger partial charge in [0.05, 0.1) is 0 Å². The van der Waals surface area contributed by atoms with Crippen molar-refractivity contribution in [1.29, 1.82) is 0 Å². The zero-order chi connectivity index (χ0) is 19.5. The Balaban J connectivity index is 1.60. The summed E-state index contributed by atoms with van der Waals surface area (Å²) in [7, 11) is 0. The van der Waals surface area contributed by atoms with Crippen molar-refractivity contribution in [1.82, 2.24) is 19.9 Å². The topological polar surface area (TPSA) is 51.6 Å². The van der Waals surface area contributed by atoms with Gasteiger partial charge >= 0.3 is 180 Å². The van der Waals surface area contributed by atoms with Crippen LogP contribution in [0.4, 0.5) is 0 Å². The van der Waals surface area contributed by atoms with Crippen molar-refractivity contribution < 1.29 is 21.2 Å². The van der Waals surface area contributed by atoms with Crippen molar-refractivity contribution in [2.24, 2.45) is 0 Å². The average Bonchev–Trinajstić information content (AvgIpc) is 2.79. The van der Waals surface area contributed by atoms with Crippen LogP contribution in [-0.4, -0.2) is 19.9 Å². The molecule has 0 fully saturated rings. The van der Waals surface area contributed by atoms with Gasteiger partial charge in [0.15, 0.2) is 0 Å². The molecule has 5 rings (SSSR count). The molecule has 0 saturated heterocycles. The number of aromatic nitrogens is 4. The number of hydrogen-bond acceptors (Lipinski definition) is 4. The Bertz CT molecular complexity index is 1270. The molecule has 29 heavy (non-hydrogen) atoms. The van der Waals surface area contributed by atoms with Gasteiger partial charge in [-0.2, -0.15) is 0 Å². The molecule has 0 N–H and O–H groups in total. The molecule has 0 radical (unpaired) electrons. The number of pyridine rings is 2. The van der Waals surface area contributed by atoms with Gasteiger partial charge in [-0.3, -0.25) is 0 Å². The van der Waals surface area contributed by atoms with E-state index in [0.717, 1.165) is 44.3 Å². The molecule has 2 aromatic carbocycles. The molecule has 4 nitrogen and oxygen atoms in total. The molecule has 3 heterocycles. The Morgan fingerprint density at radius 3 is 2.07 bits per heavy atom. The first-order valence-corrected chi connectivity index (χ1v) is 11.7. The summed E-state index contributed by atoms with van der Waals surface area (Å²) in [6.45, 7) is 0. The van der Waals surface area contributed by atoms with Crippen LogP contribution in [0.3, 0.4) is 0 Å². The van der Waals surface area contributed by atoms with Crippen molar-refractivity contribution >= 4 is 22.1 Å². The van der Waals surface area contributed by atoms with E-state index in [2.05, 4.69) is 34.2 Å². The number of benzene rings is 2. The fourth-order valence-corrected chi connectivity index (χ4v) is 5.58. The van der Waals surface area contributed by atoms with Crippen LogP contribution >= 0.6 is 0 Å². The molecular weight excluding hydrogens is 471 g/mol. The molecule has 0 aliphatic rings. The fraction of sp³-hybridized carbons (Fsp3) is 0.0833. The van der Waals surface area contributed by atoms with Gasteiger partial charge in [0.2, 0.25) is 0 Å². The first-order valence-electron chi connectivity index (χ1n) is 9.51. The van der Waals surface area contributed by atoms with E-state index < -0.39 is 21.2 Å². The van der Waals surface area contributed by atoms with Gasteiger partial charge in [-0.15, -0.1) is 0 Å². The molecule has 0 amide bonds. The van der Waals surface area contributed by atoms with E-state index in [0.29, 0.717) is 0 Å². The van der Waals surface area contributed by atoms with Gasteiger partial charge in [0.25, 0.3) is 0 Å². The third-order valence-electron chi connectivity index (χ3n) is 4.74. The summed E-state index contributed by atoms with van der Waals surface area (Å²) < 4.78 is 2.40. The summed E-state index contributed by atoms with van der Waals surface area (Å²) in [5.74, 6) is 0. The van der Waals surface area contributed by atoms with Crippen LogP contribution in [0.25, 0.3) is 22.1 Å². The van der Waals surface area contributed by atoms with E-state index in [9.17, 15) is 0 Å². The van der Waals surface area contributed by atoms with E-state index >= 15 is 0 Å². The first kappa shape index (κ1) is 18.1. The standard InChI is InChI=1S/C24H18IN4/c1-2-9-21-20(8-1)28-23-17(11-13-18-7-3-5-15-26-18)12-14-19(24(23)29-21)25-22-10-4-6-16-27-22/h1-10,12,14-16H,11,13H2/q-1. The summed E-state index contributed by atoms with van der Waals surface area (Å²) in [5.41, 5.74) is 6.21. The van der Waals surface area contributed by atoms with E-state index in [1.165, 1.54) is 9.13 Å². The molecule has 0 unspecified atom stereocenters. The van der Waals surface area contributed by atoms with Gasteiger partial charge in [0.1, 0.15) is 0 Å². The number of fused-ring (bicyclic) bond motifs is 2. The maximum atomic E-state index is 5.01. The minimum atomic E-state index is -0.423. The van der Waals surface area contributed by atoms with Crippen LogP contribution in [0.2, 0.25) is 0 Å². The molecule has 3 aromatic heterocycles. The molecule has 0 atom stereocenters. The van der Waals surface area contributed by atoms with Crippen LogP contribution < -0.4 is 21.2 Å². The zero-order valence-electron chi connectivity index (χ0n) is 15.7. The van der Waals surface area contributed by atoms with Crippen LogP contribution in [-0.2, 0) is 12.8 Å². The Kier molecular flexibility index (Phi) is 5.13. The summed E-state index contributed by atoms with van der Waals surface area (Å²) in [4.78, 5) is 19.0. The van der Waals surface area contributed by atoms with E-state index in [1.807, 2.05) is 60.9 Å². The van der Waals surface area contributed by atoms with Gasteiger partial charge in [0, 0.05) is 0 Å². The summed E-state index contributed by atoms with van der Waals surface area (Å²) in [6, 6.07) is 24.7. The Morgan fingerprint density at radius 2 is 1.34 bits per heavy atom. The van der Waals surface area contributed by atoms with Gasteiger partial charge in [-0.1, -0.05) is 0 Å². The van der Waals surface area contributed by atoms with Crippen molar-refractivity contribution in [2.75, 3.05) is 0 Å². The normalized spacial score (nSPS) is 11.3.